The highest BCUT2D eigenvalue weighted by molar-refractivity contribution is 6.39. The molecule has 152 valence electrons. The van der Waals surface area contributed by atoms with Gasteiger partial charge in [0.05, 0.1) is 18.6 Å². The molecule has 1 saturated carbocycles. The van der Waals surface area contributed by atoms with Crippen molar-refractivity contribution in [3.63, 3.8) is 0 Å². The molecule has 2 aromatic heterocycles. The fourth-order valence-electron chi connectivity index (χ4n) is 2.73. The number of halogens is 2. The smallest absolute Gasteiger partial charge is 0.336 e. The topological polar surface area (TPSA) is 82.2 Å². The molecule has 0 unspecified atom stereocenters. The fraction of sp³-hybridized carbons (Fsp3) is 0.350. The van der Waals surface area contributed by atoms with Crippen molar-refractivity contribution in [3.8, 4) is 23.3 Å². The Bertz CT molecular complexity index is 1020. The Morgan fingerprint density at radius 2 is 2.24 bits per heavy atom. The molecule has 3 aromatic rings. The molecule has 0 bridgehead atoms. The SMILES string of the molecule is CC(C)COc1nc(-c2ccco2)n(-c2cccc(NC(=O)[C@]3(Cl)C[C@@H]3F)c2)n1. The number of benzene rings is 1. The Balaban J connectivity index is 1.64. The number of carbonyl (C=O) groups excluding carboxylic acids is 1. The highest BCUT2D eigenvalue weighted by Gasteiger charge is 2.60. The van der Waals surface area contributed by atoms with E-state index in [1.807, 2.05) is 13.8 Å². The number of amides is 1. The molecule has 2 atom stereocenters. The van der Waals surface area contributed by atoms with Crippen molar-refractivity contribution >= 4 is 23.2 Å². The summed E-state index contributed by atoms with van der Waals surface area (Å²) in [7, 11) is 0. The number of anilines is 1. The third-order valence-electron chi connectivity index (χ3n) is 4.41. The molecule has 1 aliphatic carbocycles. The van der Waals surface area contributed by atoms with Gasteiger partial charge in [-0.15, -0.1) is 16.7 Å². The largest absolute Gasteiger partial charge is 0.462 e. The van der Waals surface area contributed by atoms with E-state index < -0.39 is 17.0 Å². The van der Waals surface area contributed by atoms with Crippen LogP contribution in [0.4, 0.5) is 10.1 Å². The number of nitrogens with one attached hydrogen (secondary N) is 1. The van der Waals surface area contributed by atoms with Gasteiger partial charge in [0.2, 0.25) is 11.7 Å². The average molecular weight is 419 g/mol. The van der Waals surface area contributed by atoms with E-state index in [-0.39, 0.29) is 12.4 Å². The number of hydrogen-bond donors (Lipinski definition) is 1. The molecule has 7 nitrogen and oxygen atoms in total. The normalized spacial score (nSPS) is 20.7. The first-order valence-electron chi connectivity index (χ1n) is 9.25. The van der Waals surface area contributed by atoms with Crippen LogP contribution >= 0.6 is 11.6 Å². The van der Waals surface area contributed by atoms with Gasteiger partial charge in [0.25, 0.3) is 0 Å². The molecule has 1 aliphatic rings. The van der Waals surface area contributed by atoms with Crippen LogP contribution in [0.2, 0.25) is 0 Å². The van der Waals surface area contributed by atoms with Gasteiger partial charge in [-0.1, -0.05) is 19.9 Å². The van der Waals surface area contributed by atoms with E-state index in [1.54, 1.807) is 47.3 Å². The molecule has 0 saturated heterocycles. The standard InChI is InChI=1S/C20H20ClFN4O3/c1-12(2)11-29-19-24-17(15-7-4-8-28-15)26(25-19)14-6-3-5-13(9-14)23-18(27)20(21)10-16(20)22/h3-9,12,16H,10-11H2,1-2H3,(H,23,27)/t16-,20-/m0/s1. The maximum Gasteiger partial charge on any atom is 0.336 e. The Hall–Kier alpha value is -2.87. The molecular formula is C20H20ClFN4O3. The summed E-state index contributed by atoms with van der Waals surface area (Å²) in [6, 6.07) is 10.7. The van der Waals surface area contributed by atoms with Crippen LogP contribution < -0.4 is 10.1 Å². The molecule has 1 aromatic carbocycles. The molecular weight excluding hydrogens is 399 g/mol. The van der Waals surface area contributed by atoms with Gasteiger partial charge in [0.15, 0.2) is 10.6 Å². The fourth-order valence-corrected chi connectivity index (χ4v) is 2.91. The predicted octanol–water partition coefficient (Wildman–Crippen LogP) is 4.22. The molecule has 0 aliphatic heterocycles. The minimum Gasteiger partial charge on any atom is -0.462 e. The number of ether oxygens (including phenoxy) is 1. The second-order valence-corrected chi connectivity index (χ2v) is 8.02. The van der Waals surface area contributed by atoms with Crippen molar-refractivity contribution in [2.75, 3.05) is 11.9 Å². The monoisotopic (exact) mass is 418 g/mol. The van der Waals surface area contributed by atoms with Gasteiger partial charge < -0.3 is 14.5 Å². The van der Waals surface area contributed by atoms with Gasteiger partial charge >= 0.3 is 6.01 Å². The minimum absolute atomic E-state index is 0.0162. The Morgan fingerprint density at radius 3 is 2.90 bits per heavy atom. The zero-order chi connectivity index (χ0) is 20.6. The van der Waals surface area contributed by atoms with E-state index in [4.69, 9.17) is 20.8 Å². The van der Waals surface area contributed by atoms with Crippen molar-refractivity contribution < 1.29 is 18.3 Å². The van der Waals surface area contributed by atoms with E-state index in [0.29, 0.717) is 35.5 Å². The number of furan rings is 1. The number of hydrogen-bond acceptors (Lipinski definition) is 5. The Morgan fingerprint density at radius 1 is 1.45 bits per heavy atom. The lowest BCUT2D eigenvalue weighted by Crippen LogP contribution is -2.27. The van der Waals surface area contributed by atoms with Crippen molar-refractivity contribution in [2.24, 2.45) is 5.92 Å². The molecule has 0 spiro atoms. The lowest BCUT2D eigenvalue weighted by molar-refractivity contribution is -0.116. The first kappa shape index (κ1) is 19.4. The third kappa shape index (κ3) is 3.98. The number of nitrogens with zero attached hydrogens (tertiary/aromatic N) is 3. The first-order chi connectivity index (χ1) is 13.9. The summed E-state index contributed by atoms with van der Waals surface area (Å²) in [5.74, 6) is 0.730. The van der Waals surface area contributed by atoms with E-state index in [9.17, 15) is 9.18 Å². The van der Waals surface area contributed by atoms with Crippen LogP contribution in [0.15, 0.2) is 47.1 Å². The van der Waals surface area contributed by atoms with Gasteiger partial charge in [-0.2, -0.15) is 4.98 Å². The van der Waals surface area contributed by atoms with Crippen molar-refractivity contribution in [3.05, 3.63) is 42.7 Å². The van der Waals surface area contributed by atoms with Crippen molar-refractivity contribution in [1.29, 1.82) is 0 Å². The van der Waals surface area contributed by atoms with E-state index in [1.165, 1.54) is 0 Å². The number of rotatable bonds is 7. The average Bonchev–Trinajstić information content (AvgIpc) is 3.12. The van der Waals surface area contributed by atoms with Crippen LogP contribution in [-0.2, 0) is 4.79 Å². The van der Waals surface area contributed by atoms with Gasteiger partial charge in [-0.25, -0.2) is 9.07 Å². The lowest BCUT2D eigenvalue weighted by Gasteiger charge is -2.10. The summed E-state index contributed by atoms with van der Waals surface area (Å²) in [6.45, 7) is 4.53. The molecule has 29 heavy (non-hydrogen) atoms. The summed E-state index contributed by atoms with van der Waals surface area (Å²) in [5, 5.41) is 7.09. The van der Waals surface area contributed by atoms with Gasteiger partial charge in [0.1, 0.15) is 6.17 Å². The molecule has 1 N–H and O–H groups in total. The molecule has 2 heterocycles. The maximum atomic E-state index is 13.4. The summed E-state index contributed by atoms with van der Waals surface area (Å²) in [5.41, 5.74) is 1.09. The zero-order valence-electron chi connectivity index (χ0n) is 15.9. The van der Waals surface area contributed by atoms with Crippen LogP contribution in [-0.4, -0.2) is 38.3 Å². The number of carbonyl (C=O) groups is 1. The lowest BCUT2D eigenvalue weighted by atomic mass is 10.2. The molecule has 0 radical (unpaired) electrons. The summed E-state index contributed by atoms with van der Waals surface area (Å²) < 4.78 is 26.1. The summed E-state index contributed by atoms with van der Waals surface area (Å²) >= 11 is 5.96. The highest BCUT2D eigenvalue weighted by atomic mass is 35.5. The Labute approximate surface area is 171 Å². The van der Waals surface area contributed by atoms with Crippen LogP contribution in [0.1, 0.15) is 20.3 Å². The van der Waals surface area contributed by atoms with Crippen molar-refractivity contribution in [1.82, 2.24) is 14.8 Å². The number of aromatic nitrogens is 3. The molecule has 9 heteroatoms. The summed E-state index contributed by atoms with van der Waals surface area (Å²) in [4.78, 5) is 15.2. The highest BCUT2D eigenvalue weighted by Crippen LogP contribution is 2.46. The van der Waals surface area contributed by atoms with E-state index >= 15 is 0 Å². The molecule has 4 rings (SSSR count). The third-order valence-corrected chi connectivity index (χ3v) is 4.98. The van der Waals surface area contributed by atoms with E-state index in [2.05, 4.69) is 15.4 Å². The first-order valence-corrected chi connectivity index (χ1v) is 9.63. The quantitative estimate of drug-likeness (QED) is 0.581. The van der Waals surface area contributed by atoms with Crippen LogP contribution in [0.25, 0.3) is 17.3 Å². The van der Waals surface area contributed by atoms with Gasteiger partial charge in [-0.05, 0) is 36.2 Å². The zero-order valence-corrected chi connectivity index (χ0v) is 16.7. The maximum absolute atomic E-state index is 13.4. The predicted molar refractivity (Wildman–Crippen MR) is 106 cm³/mol. The minimum atomic E-state index is -1.47. The second kappa shape index (κ2) is 7.51. The molecule has 1 fully saturated rings. The Kier molecular flexibility index (Phi) is 5.04. The van der Waals surface area contributed by atoms with Crippen LogP contribution in [0.5, 0.6) is 6.01 Å². The molecule has 1 amide bonds. The number of alkyl halides is 2. The second-order valence-electron chi connectivity index (χ2n) is 7.35. The van der Waals surface area contributed by atoms with Crippen LogP contribution in [0, 0.1) is 5.92 Å². The van der Waals surface area contributed by atoms with Gasteiger partial charge in [-0.3, -0.25) is 4.79 Å². The summed E-state index contributed by atoms with van der Waals surface area (Å²) in [6.07, 6.45) is 0.235. The van der Waals surface area contributed by atoms with Gasteiger partial charge in [0, 0.05) is 12.1 Å². The van der Waals surface area contributed by atoms with Crippen LogP contribution in [0.3, 0.4) is 0 Å². The van der Waals surface area contributed by atoms with Crippen molar-refractivity contribution in [2.45, 2.75) is 31.3 Å². The van der Waals surface area contributed by atoms with E-state index in [0.717, 1.165) is 0 Å².